The van der Waals surface area contributed by atoms with Crippen molar-refractivity contribution in [2.45, 2.75) is 19.9 Å². The Morgan fingerprint density at radius 1 is 1.32 bits per heavy atom. The highest BCUT2D eigenvalue weighted by molar-refractivity contribution is 5.98. The lowest BCUT2D eigenvalue weighted by molar-refractivity contribution is -0.138. The van der Waals surface area contributed by atoms with Gasteiger partial charge in [0.25, 0.3) is 0 Å². The number of carbonyl (C=O) groups excluding carboxylic acids is 3. The quantitative estimate of drug-likeness (QED) is 0.836. The van der Waals surface area contributed by atoms with Crippen molar-refractivity contribution in [1.82, 2.24) is 10.2 Å². The van der Waals surface area contributed by atoms with E-state index >= 15 is 0 Å². The minimum absolute atomic E-state index is 0.00564. The van der Waals surface area contributed by atoms with Crippen molar-refractivity contribution in [2.75, 3.05) is 24.5 Å². The number of benzene rings is 1. The molecular formula is C15H20N4O3. The zero-order valence-corrected chi connectivity index (χ0v) is 12.7. The molecule has 2 rings (SSSR count). The summed E-state index contributed by atoms with van der Waals surface area (Å²) in [5.74, 6) is -0.461. The van der Waals surface area contributed by atoms with Crippen LogP contribution in [0.25, 0.3) is 0 Å². The molecule has 1 aromatic carbocycles. The molecule has 1 fully saturated rings. The summed E-state index contributed by atoms with van der Waals surface area (Å²) in [6, 6.07) is 6.79. The normalized spacial score (nSPS) is 18.3. The Labute approximate surface area is 129 Å². The summed E-state index contributed by atoms with van der Waals surface area (Å²) in [6.07, 6.45) is 0. The summed E-state index contributed by atoms with van der Waals surface area (Å²) < 4.78 is 0. The lowest BCUT2D eigenvalue weighted by Crippen LogP contribution is -2.58. The van der Waals surface area contributed by atoms with Crippen molar-refractivity contribution in [3.05, 3.63) is 29.8 Å². The van der Waals surface area contributed by atoms with Crippen LogP contribution in [0, 0.1) is 6.92 Å². The van der Waals surface area contributed by atoms with Gasteiger partial charge in [-0.1, -0.05) is 17.7 Å². The highest BCUT2D eigenvalue weighted by Crippen LogP contribution is 2.20. The van der Waals surface area contributed by atoms with Crippen LogP contribution in [0.4, 0.5) is 10.5 Å². The predicted octanol–water partition coefficient (Wildman–Crippen LogP) is 0.227. The smallest absolute Gasteiger partial charge is 0.312 e. The van der Waals surface area contributed by atoms with Gasteiger partial charge in [0, 0.05) is 18.3 Å². The van der Waals surface area contributed by atoms with Crippen molar-refractivity contribution in [1.29, 1.82) is 0 Å². The molecule has 1 aliphatic rings. The van der Waals surface area contributed by atoms with E-state index in [1.165, 1.54) is 4.90 Å². The summed E-state index contributed by atoms with van der Waals surface area (Å²) in [4.78, 5) is 38.1. The number of nitrogens with zero attached hydrogens (tertiary/aromatic N) is 2. The molecule has 0 aromatic heterocycles. The van der Waals surface area contributed by atoms with Gasteiger partial charge in [-0.3, -0.25) is 9.59 Å². The third-order valence-corrected chi connectivity index (χ3v) is 3.67. The van der Waals surface area contributed by atoms with Crippen LogP contribution in [-0.2, 0) is 9.59 Å². The number of hydrogen-bond donors (Lipinski definition) is 2. The van der Waals surface area contributed by atoms with Crippen LogP contribution >= 0.6 is 0 Å². The molecule has 1 aliphatic heterocycles. The summed E-state index contributed by atoms with van der Waals surface area (Å²) >= 11 is 0. The molecule has 1 atom stereocenters. The number of carbonyl (C=O) groups is 3. The maximum Gasteiger partial charge on any atom is 0.312 e. The first-order chi connectivity index (χ1) is 10.4. The topological polar surface area (TPSA) is 95.7 Å². The molecule has 0 bridgehead atoms. The number of nitrogens with one attached hydrogen (secondary N) is 1. The Balaban J connectivity index is 2.05. The Kier molecular flexibility index (Phi) is 4.65. The van der Waals surface area contributed by atoms with E-state index in [9.17, 15) is 14.4 Å². The van der Waals surface area contributed by atoms with Gasteiger partial charge in [-0.15, -0.1) is 0 Å². The molecule has 118 valence electrons. The number of aryl methyl sites for hydroxylation is 1. The molecule has 3 N–H and O–H groups in total. The summed E-state index contributed by atoms with van der Waals surface area (Å²) in [6.45, 7) is 4.07. The molecular weight excluding hydrogens is 284 g/mol. The summed E-state index contributed by atoms with van der Waals surface area (Å²) in [5, 5.41) is 2.25. The van der Waals surface area contributed by atoms with Crippen LogP contribution in [0.15, 0.2) is 24.3 Å². The van der Waals surface area contributed by atoms with E-state index in [1.54, 1.807) is 4.90 Å². The fourth-order valence-corrected chi connectivity index (χ4v) is 2.42. The summed E-state index contributed by atoms with van der Waals surface area (Å²) in [7, 11) is 0. The molecule has 1 saturated heterocycles. The fraction of sp³-hybridized carbons (Fsp3) is 0.400. The standard InChI is InChI=1S/C15H20N4O3/c1-10-3-5-12(6-4-10)19-8-11(2)18(9-14(19)21)13(20)7-17-15(16)22/h3-6,11H,7-9H2,1-2H3,(H3,16,17,22). The number of amides is 4. The highest BCUT2D eigenvalue weighted by Gasteiger charge is 2.32. The van der Waals surface area contributed by atoms with Crippen molar-refractivity contribution in [2.24, 2.45) is 5.73 Å². The maximum absolute atomic E-state index is 12.3. The van der Waals surface area contributed by atoms with Crippen molar-refractivity contribution >= 4 is 23.5 Å². The molecule has 0 spiro atoms. The average molecular weight is 304 g/mol. The van der Waals surface area contributed by atoms with Crippen LogP contribution in [0.5, 0.6) is 0 Å². The lowest BCUT2D eigenvalue weighted by atomic mass is 10.1. The minimum atomic E-state index is -0.759. The first kappa shape index (κ1) is 15.8. The van der Waals surface area contributed by atoms with E-state index < -0.39 is 6.03 Å². The van der Waals surface area contributed by atoms with Gasteiger partial charge in [0.15, 0.2) is 0 Å². The Bertz CT molecular complexity index is 585. The molecule has 7 heteroatoms. The first-order valence-corrected chi connectivity index (χ1v) is 7.08. The molecule has 7 nitrogen and oxygen atoms in total. The van der Waals surface area contributed by atoms with Crippen LogP contribution in [0.3, 0.4) is 0 Å². The van der Waals surface area contributed by atoms with Gasteiger partial charge < -0.3 is 20.9 Å². The number of rotatable bonds is 3. The Morgan fingerprint density at radius 2 is 1.95 bits per heavy atom. The van der Waals surface area contributed by atoms with Gasteiger partial charge in [-0.25, -0.2) is 4.79 Å². The third kappa shape index (κ3) is 3.55. The monoisotopic (exact) mass is 304 g/mol. The lowest BCUT2D eigenvalue weighted by Gasteiger charge is -2.39. The number of anilines is 1. The number of piperazine rings is 1. The third-order valence-electron chi connectivity index (χ3n) is 3.67. The second kappa shape index (κ2) is 6.46. The van der Waals surface area contributed by atoms with Crippen molar-refractivity contribution < 1.29 is 14.4 Å². The van der Waals surface area contributed by atoms with Gasteiger partial charge in [-0.05, 0) is 26.0 Å². The van der Waals surface area contributed by atoms with E-state index in [-0.39, 0.29) is 30.9 Å². The zero-order chi connectivity index (χ0) is 16.3. The van der Waals surface area contributed by atoms with Gasteiger partial charge >= 0.3 is 6.03 Å². The minimum Gasteiger partial charge on any atom is -0.352 e. The Hall–Kier alpha value is -2.57. The van der Waals surface area contributed by atoms with E-state index in [1.807, 2.05) is 38.1 Å². The largest absolute Gasteiger partial charge is 0.352 e. The zero-order valence-electron chi connectivity index (χ0n) is 12.7. The van der Waals surface area contributed by atoms with Gasteiger partial charge in [0.2, 0.25) is 11.8 Å². The van der Waals surface area contributed by atoms with Crippen LogP contribution in [-0.4, -0.2) is 48.4 Å². The second-order valence-corrected chi connectivity index (χ2v) is 5.43. The maximum atomic E-state index is 12.3. The molecule has 22 heavy (non-hydrogen) atoms. The number of urea groups is 1. The van der Waals surface area contributed by atoms with E-state index in [4.69, 9.17) is 5.73 Å². The molecule has 0 saturated carbocycles. The van der Waals surface area contributed by atoms with Crippen LogP contribution in [0.2, 0.25) is 0 Å². The first-order valence-electron chi connectivity index (χ1n) is 7.08. The van der Waals surface area contributed by atoms with Crippen molar-refractivity contribution in [3.63, 3.8) is 0 Å². The molecule has 1 aromatic rings. The molecule has 1 heterocycles. The Morgan fingerprint density at radius 3 is 2.55 bits per heavy atom. The summed E-state index contributed by atoms with van der Waals surface area (Å²) in [5.41, 5.74) is 6.89. The molecule has 0 aliphatic carbocycles. The molecule has 1 unspecified atom stereocenters. The van der Waals surface area contributed by atoms with Crippen LogP contribution < -0.4 is 16.0 Å². The number of primary amides is 1. The number of hydrogen-bond acceptors (Lipinski definition) is 3. The average Bonchev–Trinajstić information content (AvgIpc) is 2.47. The van der Waals surface area contributed by atoms with E-state index in [0.717, 1.165) is 11.3 Å². The predicted molar refractivity (Wildman–Crippen MR) is 82.3 cm³/mol. The van der Waals surface area contributed by atoms with Gasteiger partial charge in [0.1, 0.15) is 6.54 Å². The fourth-order valence-electron chi connectivity index (χ4n) is 2.42. The number of nitrogens with two attached hydrogens (primary N) is 1. The van der Waals surface area contributed by atoms with E-state index in [2.05, 4.69) is 5.32 Å². The van der Waals surface area contributed by atoms with Gasteiger partial charge in [-0.2, -0.15) is 0 Å². The van der Waals surface area contributed by atoms with Gasteiger partial charge in [0.05, 0.1) is 6.54 Å². The van der Waals surface area contributed by atoms with Crippen molar-refractivity contribution in [3.8, 4) is 0 Å². The van der Waals surface area contributed by atoms with E-state index in [0.29, 0.717) is 6.54 Å². The molecule has 0 radical (unpaired) electrons. The second-order valence-electron chi connectivity index (χ2n) is 5.43. The highest BCUT2D eigenvalue weighted by atomic mass is 16.2. The van der Waals surface area contributed by atoms with Crippen LogP contribution in [0.1, 0.15) is 12.5 Å². The SMILES string of the molecule is Cc1ccc(N2CC(C)N(C(=O)CNC(N)=O)CC2=O)cc1. The molecule has 4 amide bonds.